The van der Waals surface area contributed by atoms with E-state index in [1.54, 1.807) is 18.2 Å². The fourth-order valence-corrected chi connectivity index (χ4v) is 3.49. The van der Waals surface area contributed by atoms with Crippen LogP contribution in [-0.2, 0) is 11.8 Å². The van der Waals surface area contributed by atoms with E-state index in [-0.39, 0.29) is 11.7 Å². The Morgan fingerprint density at radius 1 is 1.26 bits per heavy atom. The summed E-state index contributed by atoms with van der Waals surface area (Å²) in [5.74, 6) is 0.150. The van der Waals surface area contributed by atoms with Crippen molar-refractivity contribution in [3.63, 3.8) is 0 Å². The van der Waals surface area contributed by atoms with Gasteiger partial charge in [-0.15, -0.1) is 0 Å². The third kappa shape index (κ3) is 3.63. The first kappa shape index (κ1) is 16.2. The molecule has 0 radical (unpaired) electrons. The minimum absolute atomic E-state index is 0.127. The zero-order valence-corrected chi connectivity index (χ0v) is 14.6. The molecule has 0 saturated heterocycles. The smallest absolute Gasteiger partial charge is 0.317 e. The number of hydrogen-bond acceptors (Lipinski definition) is 2. The first-order valence-electron chi connectivity index (χ1n) is 6.89. The van der Waals surface area contributed by atoms with Crippen molar-refractivity contribution in [3.8, 4) is 0 Å². The number of halogens is 2. The highest BCUT2D eigenvalue weighted by molar-refractivity contribution is 7.99. The number of para-hydroxylation sites is 2. The molecule has 3 aromatic rings. The maximum Gasteiger partial charge on any atom is 0.317 e. The zero-order chi connectivity index (χ0) is 16.4. The second kappa shape index (κ2) is 6.83. The van der Waals surface area contributed by atoms with Crippen molar-refractivity contribution in [2.75, 3.05) is 11.1 Å². The molecule has 0 bridgehead atoms. The molecule has 2 aromatic carbocycles. The summed E-state index contributed by atoms with van der Waals surface area (Å²) in [5.41, 5.74) is 2.69. The predicted molar refractivity (Wildman–Crippen MR) is 95.3 cm³/mol. The standard InChI is InChI=1S/C16H13Cl2N3OS/c1-21-14-5-3-2-4-13(14)20-16(21)23-9-15(22)19-12-7-6-10(17)8-11(12)18/h2-8H,9H2,1H3,(H,19,22)/p+1. The van der Waals surface area contributed by atoms with Crippen molar-refractivity contribution in [1.82, 2.24) is 4.98 Å². The van der Waals surface area contributed by atoms with Gasteiger partial charge in [-0.25, -0.2) is 9.55 Å². The highest BCUT2D eigenvalue weighted by Crippen LogP contribution is 2.25. The van der Waals surface area contributed by atoms with Crippen molar-refractivity contribution in [1.29, 1.82) is 0 Å². The average Bonchev–Trinajstić information content (AvgIpc) is 2.85. The van der Waals surface area contributed by atoms with Gasteiger partial charge in [0.15, 0.2) is 11.0 Å². The number of benzene rings is 2. The van der Waals surface area contributed by atoms with Crippen LogP contribution in [0.4, 0.5) is 5.69 Å². The highest BCUT2D eigenvalue weighted by Gasteiger charge is 2.17. The number of carbonyl (C=O) groups excluding carboxylic acids is 1. The molecule has 0 fully saturated rings. The number of amides is 1. The van der Waals surface area contributed by atoms with Crippen LogP contribution in [0, 0.1) is 0 Å². The van der Waals surface area contributed by atoms with Gasteiger partial charge in [-0.1, -0.05) is 35.3 Å². The number of thioether (sulfide) groups is 1. The van der Waals surface area contributed by atoms with Gasteiger partial charge in [0.2, 0.25) is 5.91 Å². The molecule has 23 heavy (non-hydrogen) atoms. The summed E-state index contributed by atoms with van der Waals surface area (Å²) in [5, 5.41) is 4.67. The zero-order valence-electron chi connectivity index (χ0n) is 12.3. The SMILES string of the molecule is C[n+]1c(SCC(=O)Nc2ccc(Cl)cc2Cl)[nH]c2ccccc21. The van der Waals surface area contributed by atoms with Crippen LogP contribution >= 0.6 is 35.0 Å². The number of H-pyrrole nitrogens is 1. The minimum Gasteiger partial charge on any atom is -0.324 e. The van der Waals surface area contributed by atoms with Gasteiger partial charge >= 0.3 is 5.16 Å². The van der Waals surface area contributed by atoms with E-state index in [0.717, 1.165) is 16.2 Å². The predicted octanol–water partition coefficient (Wildman–Crippen LogP) is 4.03. The first-order valence-corrected chi connectivity index (χ1v) is 8.63. The Kier molecular flexibility index (Phi) is 4.80. The molecule has 4 nitrogen and oxygen atoms in total. The Hall–Kier alpha value is -1.69. The molecule has 1 heterocycles. The lowest BCUT2D eigenvalue weighted by Gasteiger charge is -2.06. The Morgan fingerprint density at radius 3 is 2.78 bits per heavy atom. The summed E-state index contributed by atoms with van der Waals surface area (Å²) in [7, 11) is 1.97. The van der Waals surface area contributed by atoms with Gasteiger partial charge in [0.05, 0.1) is 23.5 Å². The fourth-order valence-electron chi connectivity index (χ4n) is 2.22. The van der Waals surface area contributed by atoms with E-state index in [1.165, 1.54) is 11.8 Å². The molecule has 1 aromatic heterocycles. The molecule has 3 rings (SSSR count). The second-order valence-electron chi connectivity index (χ2n) is 4.97. The highest BCUT2D eigenvalue weighted by atomic mass is 35.5. The number of aromatic nitrogens is 2. The van der Waals surface area contributed by atoms with E-state index >= 15 is 0 Å². The van der Waals surface area contributed by atoms with Crippen molar-refractivity contribution >= 4 is 57.6 Å². The van der Waals surface area contributed by atoms with Gasteiger partial charge in [-0.2, -0.15) is 0 Å². The molecule has 0 aliphatic rings. The number of nitrogens with zero attached hydrogens (tertiary/aromatic N) is 1. The molecule has 1 amide bonds. The maximum absolute atomic E-state index is 12.1. The Morgan fingerprint density at radius 2 is 2.04 bits per heavy atom. The van der Waals surface area contributed by atoms with Gasteiger partial charge < -0.3 is 5.32 Å². The van der Waals surface area contributed by atoms with Crippen LogP contribution in [0.25, 0.3) is 11.0 Å². The third-order valence-electron chi connectivity index (χ3n) is 3.36. The van der Waals surface area contributed by atoms with E-state index in [2.05, 4.69) is 10.3 Å². The monoisotopic (exact) mass is 366 g/mol. The second-order valence-corrected chi connectivity index (χ2v) is 6.78. The molecule has 7 heteroatoms. The van der Waals surface area contributed by atoms with Crippen molar-refractivity contribution < 1.29 is 9.36 Å². The molecule has 0 unspecified atom stereocenters. The number of anilines is 1. The minimum atomic E-state index is -0.127. The lowest BCUT2D eigenvalue weighted by molar-refractivity contribution is -0.683. The van der Waals surface area contributed by atoms with Crippen LogP contribution in [0.1, 0.15) is 0 Å². The van der Waals surface area contributed by atoms with Crippen molar-refractivity contribution in [3.05, 3.63) is 52.5 Å². The Bertz CT molecular complexity index is 879. The average molecular weight is 367 g/mol. The van der Waals surface area contributed by atoms with Crippen LogP contribution in [-0.4, -0.2) is 16.6 Å². The molecular weight excluding hydrogens is 353 g/mol. The summed E-state index contributed by atoms with van der Waals surface area (Å²) in [6.07, 6.45) is 0. The van der Waals surface area contributed by atoms with Crippen LogP contribution in [0.5, 0.6) is 0 Å². The van der Waals surface area contributed by atoms with Crippen molar-refractivity contribution in [2.45, 2.75) is 5.16 Å². The molecule has 0 aliphatic heterocycles. The number of aromatic amines is 1. The van der Waals surface area contributed by atoms with E-state index in [0.29, 0.717) is 15.7 Å². The summed E-state index contributed by atoms with van der Waals surface area (Å²) >= 11 is 13.3. The van der Waals surface area contributed by atoms with E-state index in [4.69, 9.17) is 23.2 Å². The summed E-state index contributed by atoms with van der Waals surface area (Å²) in [6, 6.07) is 13.0. The van der Waals surface area contributed by atoms with Crippen LogP contribution in [0.2, 0.25) is 10.0 Å². The van der Waals surface area contributed by atoms with Gasteiger partial charge in [0.25, 0.3) is 0 Å². The molecule has 0 atom stereocenters. The van der Waals surface area contributed by atoms with Gasteiger partial charge in [0.1, 0.15) is 0 Å². The van der Waals surface area contributed by atoms with Crippen LogP contribution in [0.3, 0.4) is 0 Å². The van der Waals surface area contributed by atoms with Gasteiger partial charge in [-0.3, -0.25) is 4.79 Å². The van der Waals surface area contributed by atoms with Crippen molar-refractivity contribution in [2.24, 2.45) is 7.05 Å². The van der Waals surface area contributed by atoms with Gasteiger partial charge in [-0.05, 0) is 42.1 Å². The molecular formula is C16H14Cl2N3OS+. The summed E-state index contributed by atoms with van der Waals surface area (Å²) in [4.78, 5) is 15.4. The van der Waals surface area contributed by atoms with Crippen LogP contribution < -0.4 is 9.88 Å². The summed E-state index contributed by atoms with van der Waals surface area (Å²) in [6.45, 7) is 0. The van der Waals surface area contributed by atoms with E-state index < -0.39 is 0 Å². The maximum atomic E-state index is 12.1. The summed E-state index contributed by atoms with van der Waals surface area (Å²) < 4.78 is 2.03. The number of aryl methyl sites for hydroxylation is 1. The van der Waals surface area contributed by atoms with E-state index in [1.807, 2.05) is 35.9 Å². The molecule has 0 saturated carbocycles. The Balaban J connectivity index is 1.67. The number of fused-ring (bicyclic) bond motifs is 1. The largest absolute Gasteiger partial charge is 0.324 e. The number of hydrogen-bond donors (Lipinski definition) is 2. The number of rotatable bonds is 4. The number of nitrogens with one attached hydrogen (secondary N) is 2. The van der Waals surface area contributed by atoms with Gasteiger partial charge in [0, 0.05) is 5.02 Å². The molecule has 0 aliphatic carbocycles. The molecule has 118 valence electrons. The lowest BCUT2D eigenvalue weighted by atomic mass is 10.3. The number of imidazole rings is 1. The third-order valence-corrected chi connectivity index (χ3v) is 4.96. The number of carbonyl (C=O) groups is 1. The molecule has 2 N–H and O–H groups in total. The Labute approximate surface area is 147 Å². The normalized spacial score (nSPS) is 10.9. The van der Waals surface area contributed by atoms with Crippen LogP contribution in [0.15, 0.2) is 47.6 Å². The topological polar surface area (TPSA) is 48.8 Å². The lowest BCUT2D eigenvalue weighted by Crippen LogP contribution is -2.29. The quantitative estimate of drug-likeness (QED) is 0.540. The van der Waals surface area contributed by atoms with E-state index in [9.17, 15) is 4.79 Å². The fraction of sp³-hybridized carbons (Fsp3) is 0.125. The molecule has 0 spiro atoms. The first-order chi connectivity index (χ1) is 11.0.